The number of hydrogen-bond donors (Lipinski definition) is 2. The maximum Gasteiger partial charge on any atom is 0.0733 e. The monoisotopic (exact) mass is 199 g/mol. The summed E-state index contributed by atoms with van der Waals surface area (Å²) in [5.74, 6) is 0. The Bertz CT molecular complexity index is 166. The summed E-state index contributed by atoms with van der Waals surface area (Å²) in [4.78, 5) is 0. The number of rotatable bonds is 7. The quantitative estimate of drug-likeness (QED) is 0.617. The zero-order chi connectivity index (χ0) is 11.2. The largest absolute Gasteiger partial charge is 0.389 e. The summed E-state index contributed by atoms with van der Waals surface area (Å²) in [5, 5.41) is 13.0. The lowest BCUT2D eigenvalue weighted by atomic mass is 9.97. The van der Waals surface area contributed by atoms with E-state index < -0.39 is 0 Å². The van der Waals surface area contributed by atoms with Gasteiger partial charge in [0.2, 0.25) is 0 Å². The average molecular weight is 199 g/mol. The first kappa shape index (κ1) is 13.7. The second-order valence-electron chi connectivity index (χ2n) is 4.53. The van der Waals surface area contributed by atoms with Crippen LogP contribution in [0.1, 0.15) is 47.0 Å². The van der Waals surface area contributed by atoms with Crippen molar-refractivity contribution in [1.82, 2.24) is 5.32 Å². The maximum atomic E-state index is 9.47. The maximum absolute atomic E-state index is 9.47. The van der Waals surface area contributed by atoms with Crippen molar-refractivity contribution in [3.8, 4) is 0 Å². The van der Waals surface area contributed by atoms with Gasteiger partial charge in [0, 0.05) is 11.6 Å². The molecule has 0 heterocycles. The van der Waals surface area contributed by atoms with Gasteiger partial charge in [0.1, 0.15) is 0 Å². The zero-order valence-corrected chi connectivity index (χ0v) is 10.0. The highest BCUT2D eigenvalue weighted by Gasteiger charge is 2.20. The van der Waals surface area contributed by atoms with Gasteiger partial charge < -0.3 is 10.4 Å². The van der Waals surface area contributed by atoms with E-state index >= 15 is 0 Å². The van der Waals surface area contributed by atoms with Crippen LogP contribution in [0, 0.1) is 0 Å². The Kier molecular flexibility index (Phi) is 6.05. The van der Waals surface area contributed by atoms with Crippen LogP contribution in [0.5, 0.6) is 0 Å². The van der Waals surface area contributed by atoms with Crippen molar-refractivity contribution in [1.29, 1.82) is 0 Å². The molecule has 0 radical (unpaired) electrons. The highest BCUT2D eigenvalue weighted by atomic mass is 16.3. The minimum atomic E-state index is -0.389. The SMILES string of the molecule is C=CC(O)CC(CC)NC(C)(C)CC. The van der Waals surface area contributed by atoms with Crippen LogP contribution in [-0.2, 0) is 0 Å². The number of hydrogen-bond acceptors (Lipinski definition) is 2. The molecule has 0 aliphatic heterocycles. The van der Waals surface area contributed by atoms with E-state index in [2.05, 4.69) is 39.6 Å². The third-order valence-electron chi connectivity index (χ3n) is 2.77. The molecular formula is C12H25NO. The molecule has 0 aliphatic carbocycles. The Morgan fingerprint density at radius 2 is 2.00 bits per heavy atom. The molecule has 0 rings (SSSR count). The van der Waals surface area contributed by atoms with Crippen LogP contribution < -0.4 is 5.32 Å². The molecule has 84 valence electrons. The van der Waals surface area contributed by atoms with E-state index in [0.717, 1.165) is 19.3 Å². The predicted molar refractivity (Wildman–Crippen MR) is 62.4 cm³/mol. The average Bonchev–Trinajstić information content (AvgIpc) is 2.16. The van der Waals surface area contributed by atoms with Gasteiger partial charge in [-0.1, -0.05) is 19.9 Å². The van der Waals surface area contributed by atoms with Gasteiger partial charge in [0.05, 0.1) is 6.10 Å². The van der Waals surface area contributed by atoms with Crippen molar-refractivity contribution in [3.05, 3.63) is 12.7 Å². The molecule has 0 amide bonds. The predicted octanol–water partition coefficient (Wildman–Crippen LogP) is 2.48. The Hall–Kier alpha value is -0.340. The molecule has 2 N–H and O–H groups in total. The second-order valence-corrected chi connectivity index (χ2v) is 4.53. The van der Waals surface area contributed by atoms with Crippen molar-refractivity contribution < 1.29 is 5.11 Å². The standard InChI is InChI=1S/C12H25NO/c1-6-10(9-11(14)7-2)13-12(4,5)8-3/h7,10-11,13-14H,2,6,8-9H2,1,3-5H3. The van der Waals surface area contributed by atoms with Crippen molar-refractivity contribution >= 4 is 0 Å². The highest BCUT2D eigenvalue weighted by Crippen LogP contribution is 2.12. The van der Waals surface area contributed by atoms with Crippen molar-refractivity contribution in [3.63, 3.8) is 0 Å². The molecule has 2 nitrogen and oxygen atoms in total. The summed E-state index contributed by atoms with van der Waals surface area (Å²) in [5.41, 5.74) is 0.154. The van der Waals surface area contributed by atoms with E-state index in [1.165, 1.54) is 0 Å². The van der Waals surface area contributed by atoms with Crippen LogP contribution in [-0.4, -0.2) is 22.8 Å². The van der Waals surface area contributed by atoms with Crippen LogP contribution in [0.25, 0.3) is 0 Å². The van der Waals surface area contributed by atoms with E-state index in [0.29, 0.717) is 6.04 Å². The third kappa shape index (κ3) is 5.40. The summed E-state index contributed by atoms with van der Waals surface area (Å²) in [6, 6.07) is 0.373. The molecular weight excluding hydrogens is 174 g/mol. The van der Waals surface area contributed by atoms with Gasteiger partial charge in [-0.15, -0.1) is 6.58 Å². The molecule has 0 aromatic carbocycles. The van der Waals surface area contributed by atoms with E-state index in [9.17, 15) is 5.11 Å². The third-order valence-corrected chi connectivity index (χ3v) is 2.77. The molecule has 2 atom stereocenters. The highest BCUT2D eigenvalue weighted by molar-refractivity contribution is 4.86. The minimum absolute atomic E-state index is 0.154. The van der Waals surface area contributed by atoms with Crippen molar-refractivity contribution in [2.24, 2.45) is 0 Å². The fourth-order valence-electron chi connectivity index (χ4n) is 1.37. The van der Waals surface area contributed by atoms with Crippen LogP contribution in [0.15, 0.2) is 12.7 Å². The summed E-state index contributed by atoms with van der Waals surface area (Å²) in [7, 11) is 0. The van der Waals surface area contributed by atoms with Crippen molar-refractivity contribution in [2.75, 3.05) is 0 Å². The Labute approximate surface area is 88.4 Å². The lowest BCUT2D eigenvalue weighted by Gasteiger charge is -2.31. The molecule has 2 heteroatoms. The molecule has 0 aromatic heterocycles. The zero-order valence-electron chi connectivity index (χ0n) is 10.0. The molecule has 2 unspecified atom stereocenters. The Morgan fingerprint density at radius 1 is 1.43 bits per heavy atom. The molecule has 0 saturated heterocycles. The molecule has 0 fully saturated rings. The molecule has 14 heavy (non-hydrogen) atoms. The van der Waals surface area contributed by atoms with Crippen LogP contribution >= 0.6 is 0 Å². The molecule has 0 saturated carbocycles. The van der Waals surface area contributed by atoms with Gasteiger partial charge in [-0.05, 0) is 33.1 Å². The normalized spacial score (nSPS) is 16.4. The van der Waals surface area contributed by atoms with Crippen molar-refractivity contribution in [2.45, 2.75) is 64.6 Å². The first-order valence-corrected chi connectivity index (χ1v) is 5.53. The first-order chi connectivity index (χ1) is 6.45. The fraction of sp³-hybridized carbons (Fsp3) is 0.833. The molecule has 0 aromatic rings. The fourth-order valence-corrected chi connectivity index (χ4v) is 1.37. The van der Waals surface area contributed by atoms with Gasteiger partial charge in [0.25, 0.3) is 0 Å². The van der Waals surface area contributed by atoms with Crippen LogP contribution in [0.3, 0.4) is 0 Å². The lowest BCUT2D eigenvalue weighted by molar-refractivity contribution is 0.180. The smallest absolute Gasteiger partial charge is 0.0733 e. The summed E-state index contributed by atoms with van der Waals surface area (Å²) < 4.78 is 0. The number of aliphatic hydroxyl groups excluding tert-OH is 1. The first-order valence-electron chi connectivity index (χ1n) is 5.53. The summed E-state index contributed by atoms with van der Waals surface area (Å²) in [6.45, 7) is 12.3. The Morgan fingerprint density at radius 3 is 2.36 bits per heavy atom. The molecule has 0 spiro atoms. The minimum Gasteiger partial charge on any atom is -0.389 e. The van der Waals surface area contributed by atoms with E-state index in [1.54, 1.807) is 6.08 Å². The lowest BCUT2D eigenvalue weighted by Crippen LogP contribution is -2.46. The number of aliphatic hydroxyl groups is 1. The molecule has 0 aliphatic rings. The van der Waals surface area contributed by atoms with E-state index in [4.69, 9.17) is 0 Å². The Balaban J connectivity index is 4.08. The van der Waals surface area contributed by atoms with Gasteiger partial charge in [0.15, 0.2) is 0 Å². The van der Waals surface area contributed by atoms with Gasteiger partial charge in [-0.3, -0.25) is 0 Å². The topological polar surface area (TPSA) is 32.3 Å². The van der Waals surface area contributed by atoms with Crippen LogP contribution in [0.2, 0.25) is 0 Å². The molecule has 0 bridgehead atoms. The van der Waals surface area contributed by atoms with Gasteiger partial charge >= 0.3 is 0 Å². The van der Waals surface area contributed by atoms with E-state index in [1.807, 2.05) is 0 Å². The van der Waals surface area contributed by atoms with Gasteiger partial charge in [-0.2, -0.15) is 0 Å². The number of nitrogens with one attached hydrogen (secondary N) is 1. The van der Waals surface area contributed by atoms with Crippen LogP contribution in [0.4, 0.5) is 0 Å². The van der Waals surface area contributed by atoms with Gasteiger partial charge in [-0.25, -0.2) is 0 Å². The summed E-state index contributed by atoms with van der Waals surface area (Å²) >= 11 is 0. The second kappa shape index (κ2) is 6.20. The van der Waals surface area contributed by atoms with E-state index in [-0.39, 0.29) is 11.6 Å². The summed E-state index contributed by atoms with van der Waals surface area (Å²) in [6.07, 6.45) is 4.09.